The summed E-state index contributed by atoms with van der Waals surface area (Å²) in [4.78, 5) is 2.46. The fourth-order valence-corrected chi connectivity index (χ4v) is 5.58. The van der Waals surface area contributed by atoms with Gasteiger partial charge < -0.3 is 10.0 Å². The Kier molecular flexibility index (Phi) is 21.2. The summed E-state index contributed by atoms with van der Waals surface area (Å²) in [5.41, 5.74) is 8.05. The Bertz CT molecular complexity index is 906. The van der Waals surface area contributed by atoms with Crippen LogP contribution >= 0.6 is 0 Å². The molecule has 2 nitrogen and oxygen atoms in total. The van der Waals surface area contributed by atoms with Gasteiger partial charge in [-0.2, -0.15) is 0 Å². The quantitative estimate of drug-likeness (QED) is 0.281. The highest BCUT2D eigenvalue weighted by atomic mass is 16.3. The molecule has 0 aliphatic heterocycles. The molecule has 1 aliphatic carbocycles. The molecule has 0 saturated carbocycles. The van der Waals surface area contributed by atoms with Crippen LogP contribution in [0.1, 0.15) is 136 Å². The minimum Gasteiger partial charge on any atom is -0.508 e. The average Bonchev–Trinajstić information content (AvgIpc) is 3.23. The highest BCUT2D eigenvalue weighted by Gasteiger charge is 2.20. The number of aromatic hydroxyl groups is 1. The maximum atomic E-state index is 10.6. The van der Waals surface area contributed by atoms with Gasteiger partial charge in [-0.25, -0.2) is 0 Å². The van der Waals surface area contributed by atoms with Crippen LogP contribution in [0.4, 0.5) is 0 Å². The molecule has 0 aromatic heterocycles. The van der Waals surface area contributed by atoms with Crippen LogP contribution in [-0.4, -0.2) is 16.6 Å². The third-order valence-corrected chi connectivity index (χ3v) is 7.60. The van der Waals surface area contributed by atoms with E-state index in [1.807, 2.05) is 33.8 Å². The first kappa shape index (κ1) is 37.8. The zero-order valence-electron chi connectivity index (χ0n) is 28.2. The van der Waals surface area contributed by atoms with Crippen molar-refractivity contribution in [3.05, 3.63) is 76.5 Å². The highest BCUT2D eigenvalue weighted by Crippen LogP contribution is 2.32. The molecule has 0 radical (unpaired) electrons. The summed E-state index contributed by atoms with van der Waals surface area (Å²) in [5.74, 6) is 1.67. The van der Waals surface area contributed by atoms with Crippen LogP contribution in [0.15, 0.2) is 48.7 Å². The Balaban J connectivity index is 0.000000903. The second kappa shape index (κ2) is 22.5. The van der Waals surface area contributed by atoms with E-state index in [2.05, 4.69) is 83.4 Å². The topological polar surface area (TPSA) is 23.5 Å². The van der Waals surface area contributed by atoms with E-state index < -0.39 is 0 Å². The second-order valence-electron chi connectivity index (χ2n) is 10.9. The molecule has 2 heteroatoms. The van der Waals surface area contributed by atoms with Gasteiger partial charge in [0.05, 0.1) is 0 Å². The number of aryl methyl sites for hydroxylation is 3. The van der Waals surface area contributed by atoms with Crippen molar-refractivity contribution in [1.29, 1.82) is 0 Å². The molecule has 0 heterocycles. The van der Waals surface area contributed by atoms with Gasteiger partial charge in [-0.1, -0.05) is 119 Å². The van der Waals surface area contributed by atoms with E-state index in [9.17, 15) is 5.11 Å². The highest BCUT2D eigenvalue weighted by molar-refractivity contribution is 5.44. The van der Waals surface area contributed by atoms with Gasteiger partial charge in [0.25, 0.3) is 0 Å². The summed E-state index contributed by atoms with van der Waals surface area (Å²) in [5, 5.41) is 10.6. The number of rotatable bonds is 11. The van der Waals surface area contributed by atoms with Gasteiger partial charge in [0.2, 0.25) is 0 Å². The molecule has 2 aromatic rings. The molecule has 0 spiro atoms. The number of hydrogen-bond donors (Lipinski definition) is 1. The summed E-state index contributed by atoms with van der Waals surface area (Å²) in [6, 6.07) is 13.0. The Morgan fingerprint density at radius 1 is 0.875 bits per heavy atom. The van der Waals surface area contributed by atoms with Gasteiger partial charge in [-0.15, -0.1) is 0 Å². The van der Waals surface area contributed by atoms with Crippen molar-refractivity contribution in [2.24, 2.45) is 11.8 Å². The first-order valence-corrected chi connectivity index (χ1v) is 16.7. The summed E-state index contributed by atoms with van der Waals surface area (Å²) < 4.78 is 0. The molecule has 40 heavy (non-hydrogen) atoms. The van der Waals surface area contributed by atoms with Crippen molar-refractivity contribution < 1.29 is 5.11 Å². The molecule has 1 aliphatic rings. The lowest BCUT2D eigenvalue weighted by atomic mass is 9.94. The van der Waals surface area contributed by atoms with Crippen molar-refractivity contribution in [2.45, 2.75) is 140 Å². The van der Waals surface area contributed by atoms with Crippen LogP contribution in [0.2, 0.25) is 0 Å². The molecule has 228 valence electrons. The molecular weight excluding hydrogens is 486 g/mol. The monoisotopic (exact) mass is 552 g/mol. The molecule has 2 aromatic carbocycles. The smallest absolute Gasteiger partial charge is 0.119 e. The number of allylic oxidation sites excluding steroid dienone is 1. The SMILES string of the molecule is C=C([C@@H](CC)CCC)N(Cc1cc(O)c2c(c1)CCCCC2)CC(C)C.CC.CC.CCc1ccccc1CC. The van der Waals surface area contributed by atoms with E-state index in [1.54, 1.807) is 0 Å². The predicted octanol–water partition coefficient (Wildman–Crippen LogP) is 11.3. The Morgan fingerprint density at radius 3 is 1.95 bits per heavy atom. The van der Waals surface area contributed by atoms with Crippen LogP contribution < -0.4 is 0 Å². The van der Waals surface area contributed by atoms with Gasteiger partial charge in [-0.05, 0) is 97.1 Å². The lowest BCUT2D eigenvalue weighted by Gasteiger charge is -2.33. The molecule has 0 amide bonds. The van der Waals surface area contributed by atoms with E-state index in [0.717, 1.165) is 45.2 Å². The van der Waals surface area contributed by atoms with Gasteiger partial charge in [-0.3, -0.25) is 0 Å². The molecule has 0 saturated heterocycles. The minimum atomic E-state index is 0.509. The second-order valence-corrected chi connectivity index (χ2v) is 10.9. The van der Waals surface area contributed by atoms with Crippen molar-refractivity contribution in [3.63, 3.8) is 0 Å². The number of benzene rings is 2. The van der Waals surface area contributed by atoms with Crippen LogP contribution in [0.5, 0.6) is 5.75 Å². The molecule has 0 unspecified atom stereocenters. The zero-order chi connectivity index (χ0) is 30.5. The van der Waals surface area contributed by atoms with Crippen molar-refractivity contribution in [1.82, 2.24) is 4.90 Å². The number of phenols is 1. The number of fused-ring (bicyclic) bond motifs is 1. The maximum Gasteiger partial charge on any atom is 0.119 e. The van der Waals surface area contributed by atoms with Gasteiger partial charge in [0, 0.05) is 18.8 Å². The lowest BCUT2D eigenvalue weighted by molar-refractivity contribution is 0.256. The van der Waals surface area contributed by atoms with Crippen LogP contribution in [0, 0.1) is 11.8 Å². The summed E-state index contributed by atoms with van der Waals surface area (Å²) in [7, 11) is 0. The van der Waals surface area contributed by atoms with E-state index in [0.29, 0.717) is 17.6 Å². The molecule has 0 bridgehead atoms. The molecule has 1 N–H and O–H groups in total. The largest absolute Gasteiger partial charge is 0.508 e. The Hall–Kier alpha value is -2.22. The van der Waals surface area contributed by atoms with Crippen LogP contribution in [-0.2, 0) is 32.2 Å². The van der Waals surface area contributed by atoms with Crippen molar-refractivity contribution in [3.8, 4) is 5.75 Å². The van der Waals surface area contributed by atoms with E-state index >= 15 is 0 Å². The summed E-state index contributed by atoms with van der Waals surface area (Å²) in [6.07, 6.45) is 11.7. The maximum absolute atomic E-state index is 10.6. The number of nitrogens with zero attached hydrogens (tertiary/aromatic N) is 1. The van der Waals surface area contributed by atoms with Gasteiger partial charge in [0.15, 0.2) is 0 Å². The van der Waals surface area contributed by atoms with E-state index in [4.69, 9.17) is 0 Å². The lowest BCUT2D eigenvalue weighted by Crippen LogP contribution is -2.30. The van der Waals surface area contributed by atoms with Gasteiger partial charge in [0.1, 0.15) is 5.75 Å². The standard InChI is InChI=1S/C24H39NO.C10H14.2C2H6/c1-6-11-21(7-2)19(5)25(16-18(3)4)17-20-14-22-12-9-8-10-13-23(22)24(26)15-20;1-3-9-7-5-6-8-10(9)4-2;2*1-2/h14-15,18,21,26H,5-13,16-17H2,1-4H3;5-8H,3-4H2,1-2H3;2*1-2H3/t21-;;;/m0.../s1. The summed E-state index contributed by atoms with van der Waals surface area (Å²) >= 11 is 0. The molecule has 1 atom stereocenters. The number of hydrogen-bond acceptors (Lipinski definition) is 2. The fourth-order valence-electron chi connectivity index (χ4n) is 5.58. The van der Waals surface area contributed by atoms with Gasteiger partial charge >= 0.3 is 0 Å². The zero-order valence-corrected chi connectivity index (χ0v) is 28.2. The van der Waals surface area contributed by atoms with Crippen LogP contribution in [0.3, 0.4) is 0 Å². The fraction of sp³-hybridized carbons (Fsp3) is 0.632. The van der Waals surface area contributed by atoms with Crippen molar-refractivity contribution in [2.75, 3.05) is 6.54 Å². The minimum absolute atomic E-state index is 0.509. The van der Waals surface area contributed by atoms with Crippen molar-refractivity contribution >= 4 is 0 Å². The molecule has 3 rings (SSSR count). The third kappa shape index (κ3) is 13.0. The first-order chi connectivity index (χ1) is 19.3. The Morgan fingerprint density at radius 2 is 1.45 bits per heavy atom. The molecular formula is C38H65NO. The normalized spacial score (nSPS) is 12.8. The van der Waals surface area contributed by atoms with E-state index in [-0.39, 0.29) is 0 Å². The first-order valence-electron chi connectivity index (χ1n) is 16.7. The van der Waals surface area contributed by atoms with Crippen LogP contribution in [0.25, 0.3) is 0 Å². The molecule has 0 fully saturated rings. The predicted molar refractivity (Wildman–Crippen MR) is 180 cm³/mol. The van der Waals surface area contributed by atoms with E-state index in [1.165, 1.54) is 65.6 Å². The third-order valence-electron chi connectivity index (χ3n) is 7.60. The number of phenolic OH excluding ortho intramolecular Hbond substituents is 1. The summed E-state index contributed by atoms with van der Waals surface area (Å²) in [6.45, 7) is 27.8. The Labute approximate surface area is 250 Å². The average molecular weight is 552 g/mol.